The monoisotopic (exact) mass is 253 g/mol. The maximum absolute atomic E-state index is 11.1. The lowest BCUT2D eigenvalue weighted by Crippen LogP contribution is -2.09. The van der Waals surface area contributed by atoms with Gasteiger partial charge in [-0.1, -0.05) is 23.8 Å². The number of rotatable bonds is 4. The van der Waals surface area contributed by atoms with Crippen LogP contribution in [0.25, 0.3) is 0 Å². The molecule has 0 fully saturated rings. The van der Waals surface area contributed by atoms with E-state index in [1.807, 2.05) is 6.92 Å². The Hall–Kier alpha value is -1.83. The van der Waals surface area contributed by atoms with Crippen LogP contribution < -0.4 is 11.3 Å². The molecule has 0 radical (unpaired) electrons. The first kappa shape index (κ1) is 11.6. The van der Waals surface area contributed by atoms with Gasteiger partial charge in [0.05, 0.1) is 5.75 Å². The van der Waals surface area contributed by atoms with Crippen LogP contribution in [0.1, 0.15) is 18.6 Å². The quantitative estimate of drug-likeness (QED) is 0.606. The van der Waals surface area contributed by atoms with E-state index < -0.39 is 0 Å². The predicted octanol–water partition coefficient (Wildman–Crippen LogP) is 0.590. The lowest BCUT2D eigenvalue weighted by Gasteiger charge is -1.98. The molecule has 0 bridgehead atoms. The summed E-state index contributed by atoms with van der Waals surface area (Å²) in [5.74, 6) is 1.82. The first-order valence-corrected chi connectivity index (χ1v) is 5.97. The van der Waals surface area contributed by atoms with Crippen LogP contribution in [0, 0.1) is 0 Å². The Morgan fingerprint density at radius 3 is 3.00 bits per heavy atom. The van der Waals surface area contributed by atoms with Crippen molar-refractivity contribution in [3.8, 4) is 0 Å². The fourth-order valence-electron chi connectivity index (χ4n) is 1.15. The summed E-state index contributed by atoms with van der Waals surface area (Å²) in [6.45, 7) is 1.93. The number of hydrogen-bond donors (Lipinski definition) is 2. The zero-order valence-corrected chi connectivity index (χ0v) is 9.95. The van der Waals surface area contributed by atoms with Crippen molar-refractivity contribution >= 4 is 17.6 Å². The Kier molecular flexibility index (Phi) is 3.43. The van der Waals surface area contributed by atoms with Crippen molar-refractivity contribution in [2.75, 3.05) is 5.73 Å². The first-order valence-electron chi connectivity index (χ1n) is 4.98. The molecule has 0 aliphatic carbocycles. The standard InChI is InChI=1S/C9H11N5O2S/c1-2-8-12-6(14-16-8)4-17-9-11-5(10)3-7(15)13-9/h3H,2,4H2,1H3,(H3,10,11,13,15). The molecule has 0 spiro atoms. The zero-order valence-electron chi connectivity index (χ0n) is 9.14. The van der Waals surface area contributed by atoms with E-state index in [2.05, 4.69) is 20.1 Å². The van der Waals surface area contributed by atoms with Crippen molar-refractivity contribution < 1.29 is 4.52 Å². The molecule has 8 heteroatoms. The number of aryl methyl sites for hydroxylation is 1. The van der Waals surface area contributed by atoms with Crippen LogP contribution in [0.5, 0.6) is 0 Å². The normalized spacial score (nSPS) is 10.6. The van der Waals surface area contributed by atoms with Gasteiger partial charge >= 0.3 is 0 Å². The van der Waals surface area contributed by atoms with Gasteiger partial charge in [-0.3, -0.25) is 4.79 Å². The molecule has 0 saturated heterocycles. The molecule has 7 nitrogen and oxygen atoms in total. The van der Waals surface area contributed by atoms with Crippen molar-refractivity contribution in [3.05, 3.63) is 28.1 Å². The van der Waals surface area contributed by atoms with Gasteiger partial charge in [0.25, 0.3) is 5.56 Å². The highest BCUT2D eigenvalue weighted by Crippen LogP contribution is 2.16. The molecule has 0 saturated carbocycles. The van der Waals surface area contributed by atoms with Crippen LogP contribution in [0.15, 0.2) is 20.5 Å². The average molecular weight is 253 g/mol. The second-order valence-electron chi connectivity index (χ2n) is 3.22. The van der Waals surface area contributed by atoms with Crippen LogP contribution in [0.4, 0.5) is 5.82 Å². The summed E-state index contributed by atoms with van der Waals surface area (Å²) in [5, 5.41) is 4.23. The minimum atomic E-state index is -0.276. The zero-order chi connectivity index (χ0) is 12.3. The first-order chi connectivity index (χ1) is 8.17. The number of H-pyrrole nitrogens is 1. The minimum Gasteiger partial charge on any atom is -0.383 e. The van der Waals surface area contributed by atoms with Crippen LogP contribution in [0.3, 0.4) is 0 Å². The second-order valence-corrected chi connectivity index (χ2v) is 4.19. The second kappa shape index (κ2) is 5.00. The molecule has 2 aromatic heterocycles. The molecule has 0 aromatic carbocycles. The van der Waals surface area contributed by atoms with Gasteiger partial charge in [0.15, 0.2) is 11.0 Å². The van der Waals surface area contributed by atoms with Crippen LogP contribution in [-0.2, 0) is 12.2 Å². The molecular formula is C9H11N5O2S. The number of anilines is 1. The van der Waals surface area contributed by atoms with E-state index in [1.54, 1.807) is 0 Å². The van der Waals surface area contributed by atoms with Gasteiger partial charge in [-0.2, -0.15) is 4.98 Å². The van der Waals surface area contributed by atoms with E-state index in [-0.39, 0.29) is 11.4 Å². The van der Waals surface area contributed by atoms with Crippen LogP contribution >= 0.6 is 11.8 Å². The molecule has 2 aromatic rings. The maximum Gasteiger partial charge on any atom is 0.253 e. The van der Waals surface area contributed by atoms with Gasteiger partial charge in [0.1, 0.15) is 5.82 Å². The molecule has 17 heavy (non-hydrogen) atoms. The number of nitrogens with zero attached hydrogens (tertiary/aromatic N) is 3. The number of thioether (sulfide) groups is 1. The largest absolute Gasteiger partial charge is 0.383 e. The smallest absolute Gasteiger partial charge is 0.253 e. The highest BCUT2D eigenvalue weighted by atomic mass is 32.2. The van der Waals surface area contributed by atoms with Gasteiger partial charge in [-0.15, -0.1) is 0 Å². The van der Waals surface area contributed by atoms with Gasteiger partial charge in [0, 0.05) is 12.5 Å². The highest BCUT2D eigenvalue weighted by molar-refractivity contribution is 7.98. The molecule has 2 heterocycles. The lowest BCUT2D eigenvalue weighted by atomic mass is 10.5. The third kappa shape index (κ3) is 3.06. The number of aromatic nitrogens is 4. The summed E-state index contributed by atoms with van der Waals surface area (Å²) < 4.78 is 4.96. The Labute approximate surface area is 101 Å². The average Bonchev–Trinajstić information content (AvgIpc) is 2.73. The maximum atomic E-state index is 11.1. The van der Waals surface area contributed by atoms with E-state index in [0.29, 0.717) is 29.0 Å². The Morgan fingerprint density at radius 2 is 2.35 bits per heavy atom. The fraction of sp³-hybridized carbons (Fsp3) is 0.333. The SMILES string of the molecule is CCc1nc(CSc2nc(N)cc(=O)[nH]2)no1. The van der Waals surface area contributed by atoms with E-state index in [1.165, 1.54) is 17.8 Å². The summed E-state index contributed by atoms with van der Waals surface area (Å²) in [6.07, 6.45) is 0.699. The van der Waals surface area contributed by atoms with E-state index >= 15 is 0 Å². The van der Waals surface area contributed by atoms with Gasteiger partial charge in [-0.05, 0) is 0 Å². The number of aromatic amines is 1. The summed E-state index contributed by atoms with van der Waals surface area (Å²) >= 11 is 1.29. The summed E-state index contributed by atoms with van der Waals surface area (Å²) in [6, 6.07) is 1.23. The molecule has 2 rings (SSSR count). The molecule has 0 atom stereocenters. The Morgan fingerprint density at radius 1 is 1.53 bits per heavy atom. The van der Waals surface area contributed by atoms with Gasteiger partial charge < -0.3 is 15.2 Å². The predicted molar refractivity (Wildman–Crippen MR) is 62.5 cm³/mol. The number of nitrogens with two attached hydrogens (primary N) is 1. The van der Waals surface area contributed by atoms with Gasteiger partial charge in [-0.25, -0.2) is 4.98 Å². The molecule has 0 aliphatic heterocycles. The van der Waals surface area contributed by atoms with Crippen LogP contribution in [0.2, 0.25) is 0 Å². The van der Waals surface area contributed by atoms with Crippen molar-refractivity contribution in [1.82, 2.24) is 20.1 Å². The molecule has 0 aliphatic rings. The van der Waals surface area contributed by atoms with Gasteiger partial charge in [0.2, 0.25) is 5.89 Å². The molecule has 3 N–H and O–H groups in total. The lowest BCUT2D eigenvalue weighted by molar-refractivity contribution is 0.378. The molecular weight excluding hydrogens is 242 g/mol. The van der Waals surface area contributed by atoms with E-state index in [0.717, 1.165) is 0 Å². The number of nitrogen functional groups attached to an aromatic ring is 1. The van der Waals surface area contributed by atoms with E-state index in [4.69, 9.17) is 10.3 Å². The number of hydrogen-bond acceptors (Lipinski definition) is 7. The topological polar surface area (TPSA) is 111 Å². The molecule has 90 valence electrons. The Balaban J connectivity index is 2.04. The summed E-state index contributed by atoms with van der Waals surface area (Å²) in [7, 11) is 0. The minimum absolute atomic E-state index is 0.193. The van der Waals surface area contributed by atoms with E-state index in [9.17, 15) is 4.79 Å². The third-order valence-electron chi connectivity index (χ3n) is 1.89. The fourth-order valence-corrected chi connectivity index (χ4v) is 1.87. The third-order valence-corrected chi connectivity index (χ3v) is 2.76. The summed E-state index contributed by atoms with van der Waals surface area (Å²) in [4.78, 5) is 21.8. The van der Waals surface area contributed by atoms with Crippen molar-refractivity contribution in [3.63, 3.8) is 0 Å². The molecule has 0 unspecified atom stereocenters. The Bertz CT molecular complexity index is 565. The number of nitrogens with one attached hydrogen (secondary N) is 1. The van der Waals surface area contributed by atoms with Crippen LogP contribution in [-0.4, -0.2) is 20.1 Å². The summed E-state index contributed by atoms with van der Waals surface area (Å²) in [5.41, 5.74) is 5.18. The molecule has 0 amide bonds. The van der Waals surface area contributed by atoms with Crippen molar-refractivity contribution in [1.29, 1.82) is 0 Å². The highest BCUT2D eigenvalue weighted by Gasteiger charge is 2.06. The van der Waals surface area contributed by atoms with Crippen molar-refractivity contribution in [2.45, 2.75) is 24.3 Å². The van der Waals surface area contributed by atoms with Crippen molar-refractivity contribution in [2.24, 2.45) is 0 Å².